The predicted octanol–water partition coefficient (Wildman–Crippen LogP) is 4.24. The number of hydrogen-bond acceptors (Lipinski definition) is 5. The number of rotatable bonds is 3. The fraction of sp³-hybridized carbons (Fsp3) is 0.111. The first-order chi connectivity index (χ1) is 11.2. The summed E-state index contributed by atoms with van der Waals surface area (Å²) in [5, 5.41) is 10.3. The first-order valence-electron chi connectivity index (χ1n) is 6.88. The molecule has 1 aromatic heterocycles. The first kappa shape index (κ1) is 15.1. The van der Waals surface area contributed by atoms with Gasteiger partial charge >= 0.3 is 5.97 Å². The lowest BCUT2D eigenvalue weighted by molar-refractivity contribution is 0.0601. The molecule has 0 aliphatic heterocycles. The van der Waals surface area contributed by atoms with Crippen molar-refractivity contribution in [3.8, 4) is 22.9 Å². The summed E-state index contributed by atoms with van der Waals surface area (Å²) in [6.45, 7) is 0. The molecule has 5 heteroatoms. The van der Waals surface area contributed by atoms with Crippen LogP contribution in [0.5, 0.6) is 5.75 Å². The Balaban J connectivity index is 2.34. The normalized spacial score (nSPS) is 10.3. The molecule has 0 atom stereocenters. The van der Waals surface area contributed by atoms with Crippen molar-refractivity contribution in [3.05, 3.63) is 52.9 Å². The molecule has 0 aliphatic rings. The predicted molar refractivity (Wildman–Crippen MR) is 89.9 cm³/mol. The second-order valence-corrected chi connectivity index (χ2v) is 5.87. The largest absolute Gasteiger partial charge is 0.496 e. The number of nitrogens with zero attached hydrogens (tertiary/aromatic N) is 1. The van der Waals surface area contributed by atoms with Gasteiger partial charge in [-0.1, -0.05) is 18.2 Å². The molecular weight excluding hydrogens is 310 g/mol. The van der Waals surface area contributed by atoms with Crippen LogP contribution >= 0.6 is 11.3 Å². The molecule has 0 aliphatic carbocycles. The highest BCUT2D eigenvalue weighted by Crippen LogP contribution is 2.42. The summed E-state index contributed by atoms with van der Waals surface area (Å²) in [5.74, 6) is 0.287. The highest BCUT2D eigenvalue weighted by atomic mass is 32.1. The van der Waals surface area contributed by atoms with E-state index in [1.165, 1.54) is 18.4 Å². The number of para-hydroxylation sites is 1. The van der Waals surface area contributed by atoms with Crippen LogP contribution in [0.2, 0.25) is 0 Å². The molecule has 0 radical (unpaired) electrons. The summed E-state index contributed by atoms with van der Waals surface area (Å²) in [4.78, 5) is 12.4. The third-order valence-corrected chi connectivity index (χ3v) is 4.66. The Kier molecular flexibility index (Phi) is 4.00. The molecule has 0 amide bonds. The van der Waals surface area contributed by atoms with Crippen LogP contribution in [-0.4, -0.2) is 20.2 Å². The maximum absolute atomic E-state index is 11.8. The number of fused-ring (bicyclic) bond motifs is 1. The Bertz CT molecular complexity index is 937. The summed E-state index contributed by atoms with van der Waals surface area (Å²) in [5.41, 5.74) is 2.08. The molecule has 0 spiro atoms. The van der Waals surface area contributed by atoms with Gasteiger partial charge in [-0.3, -0.25) is 0 Å². The van der Waals surface area contributed by atoms with Crippen molar-refractivity contribution in [1.29, 1.82) is 5.26 Å². The van der Waals surface area contributed by atoms with Crippen LogP contribution in [0.3, 0.4) is 0 Å². The monoisotopic (exact) mass is 323 g/mol. The van der Waals surface area contributed by atoms with Gasteiger partial charge in [0.05, 0.1) is 19.8 Å². The number of methoxy groups -OCH3 is 2. The summed E-state index contributed by atoms with van der Waals surface area (Å²) in [7, 11) is 2.95. The van der Waals surface area contributed by atoms with E-state index in [0.717, 1.165) is 21.2 Å². The zero-order valence-electron chi connectivity index (χ0n) is 12.6. The minimum Gasteiger partial charge on any atom is -0.496 e. The molecule has 4 nitrogen and oxygen atoms in total. The molecule has 23 heavy (non-hydrogen) atoms. The standard InChI is InChI=1S/C18H13NO3S/c1-21-14-6-4-3-5-12(14)17-13-9-11(18(20)22-2)7-8-15(13)23-16(17)10-19/h3-9H,1-2H3. The Morgan fingerprint density at radius 3 is 2.65 bits per heavy atom. The zero-order valence-corrected chi connectivity index (χ0v) is 13.4. The second kappa shape index (κ2) is 6.11. The fourth-order valence-electron chi connectivity index (χ4n) is 2.54. The highest BCUT2D eigenvalue weighted by Gasteiger charge is 2.18. The number of esters is 1. The van der Waals surface area contributed by atoms with Gasteiger partial charge in [0.25, 0.3) is 0 Å². The Morgan fingerprint density at radius 1 is 1.17 bits per heavy atom. The molecule has 0 bridgehead atoms. The Hall–Kier alpha value is -2.84. The maximum Gasteiger partial charge on any atom is 0.337 e. The van der Waals surface area contributed by atoms with E-state index < -0.39 is 5.97 Å². The third-order valence-electron chi connectivity index (χ3n) is 3.59. The third kappa shape index (κ3) is 2.54. The molecule has 114 valence electrons. The van der Waals surface area contributed by atoms with Gasteiger partial charge in [0.1, 0.15) is 16.7 Å². The summed E-state index contributed by atoms with van der Waals surface area (Å²) in [6.07, 6.45) is 0. The number of carbonyl (C=O) groups excluding carboxylic acids is 1. The number of hydrogen-bond donors (Lipinski definition) is 0. The van der Waals surface area contributed by atoms with Gasteiger partial charge in [0.2, 0.25) is 0 Å². The Morgan fingerprint density at radius 2 is 1.96 bits per heavy atom. The van der Waals surface area contributed by atoms with E-state index >= 15 is 0 Å². The zero-order chi connectivity index (χ0) is 16.4. The molecular formula is C18H13NO3S. The molecule has 1 heterocycles. The van der Waals surface area contributed by atoms with Gasteiger partial charge in [-0.25, -0.2) is 4.79 Å². The van der Waals surface area contributed by atoms with Crippen molar-refractivity contribution in [2.45, 2.75) is 0 Å². The van der Waals surface area contributed by atoms with Crippen molar-refractivity contribution in [3.63, 3.8) is 0 Å². The topological polar surface area (TPSA) is 59.3 Å². The van der Waals surface area contributed by atoms with E-state index in [1.807, 2.05) is 30.3 Å². The van der Waals surface area contributed by atoms with Gasteiger partial charge in [-0.15, -0.1) is 11.3 Å². The van der Waals surface area contributed by atoms with Crippen LogP contribution < -0.4 is 4.74 Å². The van der Waals surface area contributed by atoms with Gasteiger partial charge < -0.3 is 9.47 Å². The van der Waals surface area contributed by atoms with Crippen LogP contribution in [0.25, 0.3) is 21.2 Å². The summed E-state index contributed by atoms with van der Waals surface area (Å²) < 4.78 is 11.1. The van der Waals surface area contributed by atoms with E-state index in [4.69, 9.17) is 9.47 Å². The van der Waals surface area contributed by atoms with E-state index in [1.54, 1.807) is 19.2 Å². The van der Waals surface area contributed by atoms with E-state index in [9.17, 15) is 10.1 Å². The quantitative estimate of drug-likeness (QED) is 0.677. The van der Waals surface area contributed by atoms with Crippen LogP contribution in [0.15, 0.2) is 42.5 Å². The minimum absolute atomic E-state index is 0.400. The van der Waals surface area contributed by atoms with Crippen molar-refractivity contribution in [2.24, 2.45) is 0 Å². The van der Waals surface area contributed by atoms with Crippen molar-refractivity contribution in [1.82, 2.24) is 0 Å². The average molecular weight is 323 g/mol. The molecule has 0 saturated heterocycles. The van der Waals surface area contributed by atoms with Crippen LogP contribution in [0, 0.1) is 11.3 Å². The van der Waals surface area contributed by atoms with E-state index in [-0.39, 0.29) is 0 Å². The van der Waals surface area contributed by atoms with E-state index in [0.29, 0.717) is 16.2 Å². The summed E-state index contributed by atoms with van der Waals surface area (Å²) in [6, 6.07) is 15.1. The van der Waals surface area contributed by atoms with Crippen molar-refractivity contribution >= 4 is 27.4 Å². The van der Waals surface area contributed by atoms with Crippen LogP contribution in [-0.2, 0) is 4.74 Å². The van der Waals surface area contributed by atoms with Crippen LogP contribution in [0.1, 0.15) is 15.2 Å². The maximum atomic E-state index is 11.8. The minimum atomic E-state index is -0.400. The van der Waals surface area contributed by atoms with Gasteiger partial charge in [0, 0.05) is 21.2 Å². The summed E-state index contributed by atoms with van der Waals surface area (Å²) >= 11 is 1.40. The first-order valence-corrected chi connectivity index (χ1v) is 7.69. The van der Waals surface area contributed by atoms with Crippen molar-refractivity contribution in [2.75, 3.05) is 14.2 Å². The van der Waals surface area contributed by atoms with E-state index in [2.05, 4.69) is 6.07 Å². The average Bonchev–Trinajstić information content (AvgIpc) is 2.98. The Labute approximate surface area is 137 Å². The molecule has 0 unspecified atom stereocenters. The van der Waals surface area contributed by atoms with Crippen molar-refractivity contribution < 1.29 is 14.3 Å². The molecule has 0 N–H and O–H groups in total. The van der Waals surface area contributed by atoms with Gasteiger partial charge in [0.15, 0.2) is 0 Å². The molecule has 0 saturated carbocycles. The lowest BCUT2D eigenvalue weighted by Crippen LogP contribution is -2.00. The molecule has 0 fully saturated rings. The molecule has 2 aromatic carbocycles. The number of thiophene rings is 1. The van der Waals surface area contributed by atoms with Gasteiger partial charge in [-0.2, -0.15) is 5.26 Å². The molecule has 3 aromatic rings. The lowest BCUT2D eigenvalue weighted by atomic mass is 10.00. The second-order valence-electron chi connectivity index (χ2n) is 4.82. The smallest absolute Gasteiger partial charge is 0.337 e. The highest BCUT2D eigenvalue weighted by molar-refractivity contribution is 7.20. The number of ether oxygens (including phenoxy) is 2. The number of nitriles is 1. The number of benzene rings is 2. The fourth-order valence-corrected chi connectivity index (χ4v) is 3.53. The molecule has 3 rings (SSSR count). The SMILES string of the molecule is COC(=O)c1ccc2sc(C#N)c(-c3ccccc3OC)c2c1. The van der Waals surface area contributed by atoms with Crippen LogP contribution in [0.4, 0.5) is 0 Å². The lowest BCUT2D eigenvalue weighted by Gasteiger charge is -2.08. The number of carbonyl (C=O) groups is 1. The van der Waals surface area contributed by atoms with Gasteiger partial charge in [-0.05, 0) is 24.3 Å².